The van der Waals surface area contributed by atoms with E-state index in [4.69, 9.17) is 0 Å². The molecule has 1 aromatic rings. The molecule has 0 nitrogen and oxygen atoms in total. The van der Waals surface area contributed by atoms with E-state index in [-0.39, 0.29) is 24.0 Å². The second kappa shape index (κ2) is 8.27. The predicted octanol–water partition coefficient (Wildman–Crippen LogP) is 4.99. The fourth-order valence-corrected chi connectivity index (χ4v) is 1.65. The van der Waals surface area contributed by atoms with Crippen molar-refractivity contribution in [1.82, 2.24) is 0 Å². The van der Waals surface area contributed by atoms with Crippen LogP contribution in [0, 0.1) is 0 Å². The third-order valence-electron chi connectivity index (χ3n) is 2.61. The summed E-state index contributed by atoms with van der Waals surface area (Å²) < 4.78 is 0. The molecule has 0 heterocycles. The summed E-state index contributed by atoms with van der Waals surface area (Å²) in [6.45, 7) is 4.58. The van der Waals surface area contributed by atoms with Crippen LogP contribution in [0.25, 0.3) is 0 Å². The maximum atomic E-state index is 2.32. The van der Waals surface area contributed by atoms with Gasteiger partial charge in [-0.05, 0) is 17.9 Å². The smallest absolute Gasteiger partial charge is 0.0190 e. The molecular formula is C13H21I. The summed E-state index contributed by atoms with van der Waals surface area (Å²) in [5.74, 6) is 0.729. The Morgan fingerprint density at radius 2 is 1.71 bits per heavy atom. The van der Waals surface area contributed by atoms with E-state index < -0.39 is 0 Å². The zero-order chi connectivity index (χ0) is 9.52. The molecule has 14 heavy (non-hydrogen) atoms. The first kappa shape index (κ1) is 13.9. The summed E-state index contributed by atoms with van der Waals surface area (Å²) in [7, 11) is 0. The van der Waals surface area contributed by atoms with Crippen LogP contribution in [0.2, 0.25) is 0 Å². The van der Waals surface area contributed by atoms with Crippen molar-refractivity contribution in [3.63, 3.8) is 0 Å². The second-order valence-electron chi connectivity index (χ2n) is 3.81. The van der Waals surface area contributed by atoms with Gasteiger partial charge in [-0.3, -0.25) is 0 Å². The summed E-state index contributed by atoms with van der Waals surface area (Å²) in [6.07, 6.45) is 5.39. The van der Waals surface area contributed by atoms with Crippen LogP contribution in [0.1, 0.15) is 51.0 Å². The van der Waals surface area contributed by atoms with Gasteiger partial charge >= 0.3 is 0 Å². The van der Waals surface area contributed by atoms with Crippen LogP contribution in [-0.2, 0) is 0 Å². The van der Waals surface area contributed by atoms with Crippen molar-refractivity contribution in [1.29, 1.82) is 0 Å². The Hall–Kier alpha value is -0.0500. The molecule has 0 bridgehead atoms. The van der Waals surface area contributed by atoms with Crippen molar-refractivity contribution in [3.8, 4) is 0 Å². The van der Waals surface area contributed by atoms with Gasteiger partial charge in [0, 0.05) is 0 Å². The third kappa shape index (κ3) is 4.99. The van der Waals surface area contributed by atoms with Gasteiger partial charge in [-0.1, -0.05) is 63.4 Å². The van der Waals surface area contributed by atoms with E-state index in [1.54, 1.807) is 0 Å². The molecule has 0 fully saturated rings. The lowest BCUT2D eigenvalue weighted by molar-refractivity contribution is 0.598. The Labute approximate surface area is 105 Å². The van der Waals surface area contributed by atoms with E-state index in [1.165, 1.54) is 31.2 Å². The monoisotopic (exact) mass is 304 g/mol. The highest BCUT2D eigenvalue weighted by Gasteiger charge is 2.02. The van der Waals surface area contributed by atoms with Gasteiger partial charge in [0.1, 0.15) is 0 Å². The summed E-state index contributed by atoms with van der Waals surface area (Å²) >= 11 is 0. The predicted molar refractivity (Wildman–Crippen MR) is 74.4 cm³/mol. The number of rotatable bonds is 5. The molecule has 0 saturated heterocycles. The highest BCUT2D eigenvalue weighted by Crippen LogP contribution is 2.20. The van der Waals surface area contributed by atoms with E-state index in [0.29, 0.717) is 0 Å². The fraction of sp³-hybridized carbons (Fsp3) is 0.538. The molecule has 1 aromatic carbocycles. The average molecular weight is 304 g/mol. The van der Waals surface area contributed by atoms with Crippen LogP contribution in [0.15, 0.2) is 30.3 Å². The van der Waals surface area contributed by atoms with Crippen molar-refractivity contribution in [3.05, 3.63) is 35.9 Å². The minimum absolute atomic E-state index is 0. The van der Waals surface area contributed by atoms with Gasteiger partial charge in [-0.25, -0.2) is 0 Å². The van der Waals surface area contributed by atoms with Crippen molar-refractivity contribution < 1.29 is 0 Å². The lowest BCUT2D eigenvalue weighted by atomic mass is 9.95. The van der Waals surface area contributed by atoms with Crippen LogP contribution in [0.4, 0.5) is 0 Å². The Bertz CT molecular complexity index is 218. The molecule has 0 aliphatic heterocycles. The van der Waals surface area contributed by atoms with Crippen LogP contribution in [-0.4, -0.2) is 0 Å². The molecule has 0 aliphatic carbocycles. The molecule has 0 amide bonds. The number of unbranched alkanes of at least 4 members (excludes halogenated alkanes) is 2. The minimum Gasteiger partial charge on any atom is -0.107 e. The van der Waals surface area contributed by atoms with Gasteiger partial charge in [0.05, 0.1) is 0 Å². The molecule has 0 radical (unpaired) electrons. The molecule has 0 aliphatic rings. The molecule has 0 N–H and O–H groups in total. The van der Waals surface area contributed by atoms with Crippen molar-refractivity contribution in [2.75, 3.05) is 0 Å². The van der Waals surface area contributed by atoms with Gasteiger partial charge in [-0.2, -0.15) is 0 Å². The maximum absolute atomic E-state index is 2.32. The molecule has 0 saturated carbocycles. The van der Waals surface area contributed by atoms with Crippen molar-refractivity contribution in [2.24, 2.45) is 0 Å². The standard InChI is InChI=1S/C13H20.HI/c1-3-4-6-9-12(2)13-10-7-5-8-11-13;/h5,7-8,10-12H,3-4,6,9H2,1-2H3;1H. The van der Waals surface area contributed by atoms with Crippen LogP contribution in [0.3, 0.4) is 0 Å². The van der Waals surface area contributed by atoms with Crippen LogP contribution < -0.4 is 0 Å². The first-order chi connectivity index (χ1) is 6.34. The molecule has 0 spiro atoms. The lowest BCUT2D eigenvalue weighted by Gasteiger charge is -2.10. The minimum atomic E-state index is 0. The highest BCUT2D eigenvalue weighted by atomic mass is 127. The first-order valence-corrected chi connectivity index (χ1v) is 5.39. The summed E-state index contributed by atoms with van der Waals surface area (Å²) in [4.78, 5) is 0. The molecule has 1 rings (SSSR count). The Kier molecular flexibility index (Phi) is 8.24. The van der Waals surface area contributed by atoms with Crippen LogP contribution >= 0.6 is 24.0 Å². The van der Waals surface area contributed by atoms with Gasteiger partial charge in [0.25, 0.3) is 0 Å². The van der Waals surface area contributed by atoms with Crippen molar-refractivity contribution in [2.45, 2.75) is 45.4 Å². The normalized spacial score (nSPS) is 11.9. The molecule has 1 unspecified atom stereocenters. The molecule has 0 aromatic heterocycles. The zero-order valence-corrected chi connectivity index (χ0v) is 11.5. The topological polar surface area (TPSA) is 0 Å². The van der Waals surface area contributed by atoms with E-state index in [9.17, 15) is 0 Å². The summed E-state index contributed by atoms with van der Waals surface area (Å²) in [6, 6.07) is 10.8. The summed E-state index contributed by atoms with van der Waals surface area (Å²) in [5.41, 5.74) is 1.48. The Morgan fingerprint density at radius 3 is 2.29 bits per heavy atom. The number of hydrogen-bond donors (Lipinski definition) is 0. The Balaban J connectivity index is 0.00000169. The molecule has 1 atom stereocenters. The summed E-state index contributed by atoms with van der Waals surface area (Å²) in [5, 5.41) is 0. The first-order valence-electron chi connectivity index (χ1n) is 5.39. The van der Waals surface area contributed by atoms with Gasteiger partial charge in [-0.15, -0.1) is 24.0 Å². The largest absolute Gasteiger partial charge is 0.107 e. The van der Waals surface area contributed by atoms with Crippen molar-refractivity contribution >= 4 is 24.0 Å². The molecular weight excluding hydrogens is 283 g/mol. The van der Waals surface area contributed by atoms with E-state index >= 15 is 0 Å². The maximum Gasteiger partial charge on any atom is -0.0190 e. The SMILES string of the molecule is CCCCCC(C)c1ccccc1.I. The van der Waals surface area contributed by atoms with E-state index in [0.717, 1.165) is 5.92 Å². The molecule has 1 heteroatoms. The van der Waals surface area contributed by atoms with E-state index in [1.807, 2.05) is 0 Å². The van der Waals surface area contributed by atoms with Crippen LogP contribution in [0.5, 0.6) is 0 Å². The average Bonchev–Trinajstić information content (AvgIpc) is 2.19. The van der Waals surface area contributed by atoms with Gasteiger partial charge in [0.2, 0.25) is 0 Å². The lowest BCUT2D eigenvalue weighted by Crippen LogP contribution is -1.92. The van der Waals surface area contributed by atoms with E-state index in [2.05, 4.69) is 44.2 Å². The number of halogens is 1. The van der Waals surface area contributed by atoms with Gasteiger partial charge < -0.3 is 0 Å². The second-order valence-corrected chi connectivity index (χ2v) is 3.81. The Morgan fingerprint density at radius 1 is 1.07 bits per heavy atom. The fourth-order valence-electron chi connectivity index (χ4n) is 1.65. The highest BCUT2D eigenvalue weighted by molar-refractivity contribution is 14.0. The quantitative estimate of drug-likeness (QED) is 0.531. The van der Waals surface area contributed by atoms with Gasteiger partial charge in [0.15, 0.2) is 0 Å². The zero-order valence-electron chi connectivity index (χ0n) is 9.20. The number of benzene rings is 1. The number of hydrogen-bond acceptors (Lipinski definition) is 0. The molecule has 80 valence electrons. The third-order valence-corrected chi connectivity index (χ3v) is 2.61.